The molecule has 0 radical (unpaired) electrons. The number of hydrogen-bond acceptors (Lipinski definition) is 5. The molecule has 2 saturated heterocycles. The molecule has 29 heavy (non-hydrogen) atoms. The minimum Gasteiger partial charge on any atom is -0.385 e. The molecule has 2 N–H and O–H groups in total. The number of likely N-dealkylation sites (tertiary alicyclic amines) is 1. The molecule has 3 heterocycles. The van der Waals surface area contributed by atoms with E-state index in [0.717, 1.165) is 4.90 Å². The van der Waals surface area contributed by atoms with E-state index in [1.54, 1.807) is 29.7 Å². The van der Waals surface area contributed by atoms with Crippen LogP contribution in [-0.4, -0.2) is 96.3 Å². The van der Waals surface area contributed by atoms with E-state index >= 15 is 0 Å². The van der Waals surface area contributed by atoms with E-state index in [1.807, 2.05) is 0 Å². The van der Waals surface area contributed by atoms with Crippen LogP contribution in [0.5, 0.6) is 0 Å². The SMILES string of the molecule is COCCC[N+]1=C2C(C=C1C(=O)N1CCC(C(N)=O)CC1)C(=O)N(C)C(=O)N2C. The first-order chi connectivity index (χ1) is 13.8. The molecule has 10 nitrogen and oxygen atoms in total. The summed E-state index contributed by atoms with van der Waals surface area (Å²) in [5.41, 5.74) is 5.77. The van der Waals surface area contributed by atoms with E-state index in [1.165, 1.54) is 11.9 Å². The van der Waals surface area contributed by atoms with E-state index in [4.69, 9.17) is 10.5 Å². The fourth-order valence-corrected chi connectivity index (χ4v) is 4.13. The van der Waals surface area contributed by atoms with Gasteiger partial charge in [0.25, 0.3) is 17.6 Å². The number of primary amides is 1. The fourth-order valence-electron chi connectivity index (χ4n) is 4.13. The molecule has 0 aromatic carbocycles. The van der Waals surface area contributed by atoms with E-state index in [0.29, 0.717) is 57.0 Å². The Morgan fingerprint density at radius 2 is 1.86 bits per heavy atom. The smallest absolute Gasteiger partial charge is 0.385 e. The van der Waals surface area contributed by atoms with Crippen LogP contribution in [0.1, 0.15) is 19.3 Å². The Hall–Kier alpha value is -2.75. The second-order valence-electron chi connectivity index (χ2n) is 7.59. The summed E-state index contributed by atoms with van der Waals surface area (Å²) in [6, 6.07) is -0.428. The number of amidine groups is 1. The number of amides is 5. The highest BCUT2D eigenvalue weighted by atomic mass is 16.5. The van der Waals surface area contributed by atoms with Gasteiger partial charge in [0.15, 0.2) is 11.6 Å². The number of fused-ring (bicyclic) bond motifs is 1. The predicted molar refractivity (Wildman–Crippen MR) is 103 cm³/mol. The molecule has 1 unspecified atom stereocenters. The van der Waals surface area contributed by atoms with Crippen molar-refractivity contribution in [1.82, 2.24) is 14.7 Å². The Kier molecular flexibility index (Phi) is 6.02. The van der Waals surface area contributed by atoms with E-state index in [-0.39, 0.29) is 23.6 Å². The Bertz CT molecular complexity index is 797. The van der Waals surface area contributed by atoms with Crippen molar-refractivity contribution in [2.45, 2.75) is 19.3 Å². The number of rotatable bonds is 6. The number of urea groups is 1. The molecule has 2 fully saturated rings. The van der Waals surface area contributed by atoms with Crippen LogP contribution in [0.4, 0.5) is 4.79 Å². The quantitative estimate of drug-likeness (QED) is 0.458. The molecule has 3 aliphatic heterocycles. The third-order valence-electron chi connectivity index (χ3n) is 5.82. The fraction of sp³-hybridized carbons (Fsp3) is 0.632. The van der Waals surface area contributed by atoms with Gasteiger partial charge in [-0.2, -0.15) is 4.90 Å². The van der Waals surface area contributed by atoms with Crippen LogP contribution in [0.3, 0.4) is 0 Å². The van der Waals surface area contributed by atoms with E-state index < -0.39 is 11.9 Å². The average molecular weight is 406 g/mol. The Morgan fingerprint density at radius 3 is 2.45 bits per heavy atom. The summed E-state index contributed by atoms with van der Waals surface area (Å²) in [5, 5.41) is 0. The number of carbonyl (C=O) groups is 4. The molecule has 3 aliphatic rings. The lowest BCUT2D eigenvalue weighted by Gasteiger charge is -2.30. The molecule has 0 spiro atoms. The van der Waals surface area contributed by atoms with Crippen LogP contribution < -0.4 is 5.73 Å². The average Bonchev–Trinajstić information content (AvgIpc) is 3.10. The third kappa shape index (κ3) is 3.76. The lowest BCUT2D eigenvalue weighted by Crippen LogP contribution is -2.57. The molecule has 0 aromatic heterocycles. The zero-order valence-corrected chi connectivity index (χ0v) is 17.1. The number of imide groups is 1. The van der Waals surface area contributed by atoms with Gasteiger partial charge in [-0.15, -0.1) is 0 Å². The molecule has 0 aromatic rings. The summed E-state index contributed by atoms with van der Waals surface area (Å²) in [6.45, 7) is 1.80. The van der Waals surface area contributed by atoms with Crippen molar-refractivity contribution in [2.75, 3.05) is 47.4 Å². The Labute approximate surface area is 169 Å². The first-order valence-corrected chi connectivity index (χ1v) is 9.76. The van der Waals surface area contributed by atoms with Gasteiger partial charge >= 0.3 is 6.03 Å². The summed E-state index contributed by atoms with van der Waals surface area (Å²) >= 11 is 0. The zero-order chi connectivity index (χ0) is 21.3. The Morgan fingerprint density at radius 1 is 1.21 bits per heavy atom. The minimum absolute atomic E-state index is 0.205. The number of carbonyl (C=O) groups excluding carboxylic acids is 4. The van der Waals surface area contributed by atoms with Crippen molar-refractivity contribution in [3.63, 3.8) is 0 Å². The van der Waals surface area contributed by atoms with Crippen molar-refractivity contribution in [3.8, 4) is 0 Å². The van der Waals surface area contributed by atoms with Crippen LogP contribution >= 0.6 is 0 Å². The molecular formula is C19H28N5O5+. The van der Waals surface area contributed by atoms with Crippen LogP contribution in [0, 0.1) is 11.8 Å². The number of nitrogens with zero attached hydrogens (tertiary/aromatic N) is 4. The summed E-state index contributed by atoms with van der Waals surface area (Å²) < 4.78 is 6.88. The highest BCUT2D eigenvalue weighted by Crippen LogP contribution is 2.28. The molecule has 3 rings (SSSR count). The summed E-state index contributed by atoms with van der Waals surface area (Å²) in [4.78, 5) is 54.0. The molecule has 158 valence electrons. The maximum atomic E-state index is 13.3. The van der Waals surface area contributed by atoms with E-state index in [2.05, 4.69) is 0 Å². The van der Waals surface area contributed by atoms with Crippen LogP contribution in [0.2, 0.25) is 0 Å². The number of nitrogens with two attached hydrogens (primary N) is 1. The van der Waals surface area contributed by atoms with Crippen LogP contribution in [0.15, 0.2) is 11.8 Å². The first-order valence-electron chi connectivity index (χ1n) is 9.76. The second-order valence-corrected chi connectivity index (χ2v) is 7.59. The van der Waals surface area contributed by atoms with Gasteiger partial charge in [-0.25, -0.2) is 14.3 Å². The molecule has 10 heteroatoms. The summed E-state index contributed by atoms with van der Waals surface area (Å²) in [5.74, 6) is -1.28. The van der Waals surface area contributed by atoms with Gasteiger partial charge in [-0.05, 0) is 18.9 Å². The molecule has 0 aliphatic carbocycles. The molecule has 0 saturated carbocycles. The number of piperidine rings is 1. The monoisotopic (exact) mass is 406 g/mol. The molecular weight excluding hydrogens is 378 g/mol. The predicted octanol–water partition coefficient (Wildman–Crippen LogP) is -0.805. The minimum atomic E-state index is -0.674. The lowest BCUT2D eigenvalue weighted by atomic mass is 9.96. The van der Waals surface area contributed by atoms with Crippen molar-refractivity contribution in [2.24, 2.45) is 17.6 Å². The van der Waals surface area contributed by atoms with Crippen LogP contribution in [0.25, 0.3) is 0 Å². The van der Waals surface area contributed by atoms with Gasteiger partial charge in [0, 0.05) is 46.2 Å². The molecule has 1 atom stereocenters. The van der Waals surface area contributed by atoms with Crippen molar-refractivity contribution in [1.29, 1.82) is 0 Å². The number of methoxy groups -OCH3 is 1. The van der Waals surface area contributed by atoms with Gasteiger partial charge < -0.3 is 15.4 Å². The van der Waals surface area contributed by atoms with Gasteiger partial charge in [0.05, 0.1) is 13.6 Å². The summed E-state index contributed by atoms with van der Waals surface area (Å²) in [7, 11) is 4.64. The van der Waals surface area contributed by atoms with Crippen molar-refractivity contribution >= 4 is 29.6 Å². The van der Waals surface area contributed by atoms with Crippen molar-refractivity contribution in [3.05, 3.63) is 11.8 Å². The Balaban J connectivity index is 1.89. The maximum absolute atomic E-state index is 13.3. The van der Waals surface area contributed by atoms with Gasteiger partial charge in [-0.1, -0.05) is 0 Å². The number of hydrogen-bond donors (Lipinski definition) is 1. The largest absolute Gasteiger partial charge is 0.417 e. The normalized spacial score (nSPS) is 22.9. The highest BCUT2D eigenvalue weighted by Gasteiger charge is 2.52. The highest BCUT2D eigenvalue weighted by molar-refractivity contribution is 6.19. The van der Waals surface area contributed by atoms with Gasteiger partial charge in [-0.3, -0.25) is 14.4 Å². The molecule has 0 bridgehead atoms. The lowest BCUT2D eigenvalue weighted by molar-refractivity contribution is -0.475. The van der Waals surface area contributed by atoms with Crippen molar-refractivity contribution < 1.29 is 28.5 Å². The summed E-state index contributed by atoms with van der Waals surface area (Å²) in [6.07, 6.45) is 3.33. The molecule has 5 amide bonds. The third-order valence-corrected chi connectivity index (χ3v) is 5.82. The zero-order valence-electron chi connectivity index (χ0n) is 17.1. The van der Waals surface area contributed by atoms with Gasteiger partial charge in [0.1, 0.15) is 0 Å². The number of ether oxygens (including phenoxy) is 1. The topological polar surface area (TPSA) is 116 Å². The maximum Gasteiger partial charge on any atom is 0.417 e. The first kappa shape index (κ1) is 21.0. The van der Waals surface area contributed by atoms with Crippen LogP contribution in [-0.2, 0) is 19.1 Å². The standard InChI is InChI=1S/C19H27N5O5/c1-21-16-13(17(26)22(2)19(21)28)11-14(24(16)7-4-10-29-3)18(27)23-8-5-12(6-9-23)15(20)25/h11-13H,4-10H2,1-3H3,(H-,20,25)/p+1. The second kappa shape index (κ2) is 8.32. The van der Waals surface area contributed by atoms with E-state index in [9.17, 15) is 19.2 Å². The van der Waals surface area contributed by atoms with Gasteiger partial charge in [0.2, 0.25) is 5.91 Å².